The summed E-state index contributed by atoms with van der Waals surface area (Å²) in [6.45, 7) is 0. The lowest BCUT2D eigenvalue weighted by Crippen LogP contribution is -2.02. The van der Waals surface area contributed by atoms with Gasteiger partial charge in [0.15, 0.2) is 0 Å². The number of rotatable bonds is 2. The lowest BCUT2D eigenvalue weighted by atomic mass is 9.97. The SMILES string of the molecule is Bc1cncc(-c2nc(-c3ccc(C#N)cn3)no2)c1. The zero-order valence-electron chi connectivity index (χ0n) is 10.6. The van der Waals surface area contributed by atoms with Gasteiger partial charge < -0.3 is 4.52 Å². The molecule has 0 saturated heterocycles. The van der Waals surface area contributed by atoms with Crippen LogP contribution in [0.4, 0.5) is 0 Å². The van der Waals surface area contributed by atoms with Crippen molar-refractivity contribution in [2.24, 2.45) is 0 Å². The Hall–Kier alpha value is -3.01. The number of hydrogen-bond acceptors (Lipinski definition) is 6. The lowest BCUT2D eigenvalue weighted by Gasteiger charge is -1.94. The molecule has 3 aromatic rings. The molecule has 0 aliphatic heterocycles. The molecule has 0 aliphatic rings. The fraction of sp³-hybridized carbons (Fsp3) is 0. The molecule has 0 amide bonds. The summed E-state index contributed by atoms with van der Waals surface area (Å²) < 4.78 is 5.21. The normalized spacial score (nSPS) is 10.2. The van der Waals surface area contributed by atoms with Gasteiger partial charge in [-0.1, -0.05) is 16.7 Å². The van der Waals surface area contributed by atoms with Crippen LogP contribution in [0, 0.1) is 11.3 Å². The summed E-state index contributed by atoms with van der Waals surface area (Å²) in [7, 11) is 1.94. The molecular weight excluding hydrogens is 253 g/mol. The third kappa shape index (κ3) is 2.27. The molecule has 3 heterocycles. The fourth-order valence-electron chi connectivity index (χ4n) is 1.71. The molecule has 0 aliphatic carbocycles. The molecule has 0 saturated carbocycles. The Labute approximate surface area is 115 Å². The highest BCUT2D eigenvalue weighted by atomic mass is 16.5. The average Bonchev–Trinajstić information content (AvgIpc) is 2.97. The monoisotopic (exact) mass is 261 g/mol. The van der Waals surface area contributed by atoms with Gasteiger partial charge in [0.2, 0.25) is 5.82 Å². The molecule has 3 aromatic heterocycles. The number of nitriles is 1. The highest BCUT2D eigenvalue weighted by Gasteiger charge is 2.11. The van der Waals surface area contributed by atoms with Crippen LogP contribution < -0.4 is 5.46 Å². The summed E-state index contributed by atoms with van der Waals surface area (Å²) >= 11 is 0. The van der Waals surface area contributed by atoms with Gasteiger partial charge in [-0.05, 0) is 12.1 Å². The number of hydrogen-bond donors (Lipinski definition) is 0. The smallest absolute Gasteiger partial charge is 0.259 e. The number of nitrogens with zero attached hydrogens (tertiary/aromatic N) is 5. The minimum Gasteiger partial charge on any atom is -0.333 e. The van der Waals surface area contributed by atoms with Gasteiger partial charge in [-0.2, -0.15) is 10.2 Å². The van der Waals surface area contributed by atoms with E-state index in [0.29, 0.717) is 23.0 Å². The largest absolute Gasteiger partial charge is 0.333 e. The molecule has 0 bridgehead atoms. The lowest BCUT2D eigenvalue weighted by molar-refractivity contribution is 0.432. The molecule has 6 nitrogen and oxygen atoms in total. The fourth-order valence-corrected chi connectivity index (χ4v) is 1.71. The number of aromatic nitrogens is 4. The molecule has 0 spiro atoms. The summed E-state index contributed by atoms with van der Waals surface area (Å²) in [5.74, 6) is 0.772. The van der Waals surface area contributed by atoms with Crippen molar-refractivity contribution in [2.75, 3.05) is 0 Å². The van der Waals surface area contributed by atoms with Crippen molar-refractivity contribution in [2.45, 2.75) is 0 Å². The summed E-state index contributed by atoms with van der Waals surface area (Å²) in [5.41, 5.74) is 2.82. The van der Waals surface area contributed by atoms with E-state index >= 15 is 0 Å². The standard InChI is InChI=1S/C13H8BN5O/c14-10-3-9(6-16-7-10)13-18-12(19-20-13)11-2-1-8(4-15)5-17-11/h1-3,5-7H,14H2. The second-order valence-electron chi connectivity index (χ2n) is 4.22. The Morgan fingerprint density at radius 3 is 2.80 bits per heavy atom. The predicted octanol–water partition coefficient (Wildman–Crippen LogP) is 0.324. The second kappa shape index (κ2) is 4.94. The van der Waals surface area contributed by atoms with E-state index in [1.807, 2.05) is 20.0 Å². The van der Waals surface area contributed by atoms with Crippen LogP contribution in [0.2, 0.25) is 0 Å². The third-order valence-electron chi connectivity index (χ3n) is 2.67. The zero-order chi connectivity index (χ0) is 13.9. The quantitative estimate of drug-likeness (QED) is 0.617. The van der Waals surface area contributed by atoms with Crippen LogP contribution >= 0.6 is 0 Å². The van der Waals surface area contributed by atoms with Crippen LogP contribution in [-0.4, -0.2) is 28.0 Å². The predicted molar refractivity (Wildman–Crippen MR) is 73.7 cm³/mol. The summed E-state index contributed by atoms with van der Waals surface area (Å²) in [6.07, 6.45) is 4.89. The van der Waals surface area contributed by atoms with Gasteiger partial charge in [0.25, 0.3) is 5.89 Å². The first-order chi connectivity index (χ1) is 9.76. The van der Waals surface area contributed by atoms with Gasteiger partial charge in [-0.15, -0.1) is 0 Å². The molecule has 94 valence electrons. The first-order valence-corrected chi connectivity index (χ1v) is 5.88. The third-order valence-corrected chi connectivity index (χ3v) is 2.67. The van der Waals surface area contributed by atoms with Gasteiger partial charge in [0.1, 0.15) is 19.6 Å². The highest BCUT2D eigenvalue weighted by molar-refractivity contribution is 6.32. The molecule has 0 aromatic carbocycles. The van der Waals surface area contributed by atoms with E-state index in [9.17, 15) is 0 Å². The van der Waals surface area contributed by atoms with E-state index in [2.05, 4.69) is 20.1 Å². The summed E-state index contributed by atoms with van der Waals surface area (Å²) in [4.78, 5) is 12.5. The zero-order valence-corrected chi connectivity index (χ0v) is 10.6. The molecule has 0 N–H and O–H groups in total. The van der Waals surface area contributed by atoms with Crippen molar-refractivity contribution >= 4 is 13.3 Å². The molecule has 3 rings (SSSR count). The van der Waals surface area contributed by atoms with E-state index in [4.69, 9.17) is 9.78 Å². The van der Waals surface area contributed by atoms with Crippen LogP contribution in [0.5, 0.6) is 0 Å². The Bertz CT molecular complexity index is 791. The van der Waals surface area contributed by atoms with E-state index < -0.39 is 0 Å². The topological polar surface area (TPSA) is 88.5 Å². The van der Waals surface area contributed by atoms with Crippen molar-refractivity contribution in [3.8, 4) is 29.0 Å². The second-order valence-corrected chi connectivity index (χ2v) is 4.22. The van der Waals surface area contributed by atoms with E-state index in [1.165, 1.54) is 6.20 Å². The Morgan fingerprint density at radius 2 is 2.10 bits per heavy atom. The van der Waals surface area contributed by atoms with Gasteiger partial charge in [-0.25, -0.2) is 0 Å². The Kier molecular flexibility index (Phi) is 2.97. The van der Waals surface area contributed by atoms with Crippen molar-refractivity contribution in [1.29, 1.82) is 5.26 Å². The van der Waals surface area contributed by atoms with Gasteiger partial charge in [-0.3, -0.25) is 9.97 Å². The summed E-state index contributed by atoms with van der Waals surface area (Å²) in [5, 5.41) is 12.6. The van der Waals surface area contributed by atoms with Crippen molar-refractivity contribution < 1.29 is 4.52 Å². The molecule has 7 heteroatoms. The Morgan fingerprint density at radius 1 is 1.20 bits per heavy atom. The molecule has 0 fully saturated rings. The van der Waals surface area contributed by atoms with Gasteiger partial charge in [0.05, 0.1) is 11.1 Å². The Balaban J connectivity index is 1.95. The van der Waals surface area contributed by atoms with Crippen molar-refractivity contribution in [1.82, 2.24) is 20.1 Å². The minimum atomic E-state index is 0.381. The maximum atomic E-state index is 8.73. The number of pyridine rings is 2. The van der Waals surface area contributed by atoms with E-state index in [1.54, 1.807) is 24.5 Å². The van der Waals surface area contributed by atoms with E-state index in [0.717, 1.165) is 11.0 Å². The van der Waals surface area contributed by atoms with Crippen LogP contribution in [-0.2, 0) is 0 Å². The average molecular weight is 261 g/mol. The van der Waals surface area contributed by atoms with Crippen molar-refractivity contribution in [3.05, 3.63) is 42.4 Å². The maximum Gasteiger partial charge on any atom is 0.259 e. The van der Waals surface area contributed by atoms with Crippen LogP contribution in [0.1, 0.15) is 5.56 Å². The first kappa shape index (κ1) is 12.1. The van der Waals surface area contributed by atoms with Crippen molar-refractivity contribution in [3.63, 3.8) is 0 Å². The molecular formula is C13H8BN5O. The van der Waals surface area contributed by atoms with E-state index in [-0.39, 0.29) is 0 Å². The highest BCUT2D eigenvalue weighted by Crippen LogP contribution is 2.19. The maximum absolute atomic E-state index is 8.73. The van der Waals surface area contributed by atoms with Gasteiger partial charge >= 0.3 is 0 Å². The first-order valence-electron chi connectivity index (χ1n) is 5.88. The van der Waals surface area contributed by atoms with Crippen LogP contribution in [0.15, 0.2) is 41.3 Å². The minimum absolute atomic E-state index is 0.381. The summed E-state index contributed by atoms with van der Waals surface area (Å²) in [6, 6.07) is 7.26. The molecule has 20 heavy (non-hydrogen) atoms. The van der Waals surface area contributed by atoms with Crippen LogP contribution in [0.3, 0.4) is 0 Å². The van der Waals surface area contributed by atoms with Gasteiger partial charge in [0, 0.05) is 18.6 Å². The molecule has 0 radical (unpaired) electrons. The molecule has 0 unspecified atom stereocenters. The molecule has 0 atom stereocenters. The van der Waals surface area contributed by atoms with Crippen LogP contribution in [0.25, 0.3) is 23.0 Å².